The summed E-state index contributed by atoms with van der Waals surface area (Å²) in [5, 5.41) is 3.46. The number of hydrogen-bond donors (Lipinski definition) is 1. The van der Waals surface area contributed by atoms with Crippen molar-refractivity contribution >= 4 is 5.91 Å². The Morgan fingerprint density at radius 1 is 1.23 bits per heavy atom. The van der Waals surface area contributed by atoms with Crippen LogP contribution < -0.4 is 10.1 Å². The highest BCUT2D eigenvalue weighted by Crippen LogP contribution is 2.36. The molecule has 1 unspecified atom stereocenters. The van der Waals surface area contributed by atoms with Gasteiger partial charge in [0, 0.05) is 43.0 Å². The van der Waals surface area contributed by atoms with E-state index in [-0.39, 0.29) is 11.3 Å². The zero-order valence-electron chi connectivity index (χ0n) is 15.0. The van der Waals surface area contributed by atoms with Gasteiger partial charge in [-0.15, -0.1) is 0 Å². The molecule has 1 spiro atoms. The number of benzene rings is 1. The fraction of sp³-hybridized carbons (Fsp3) is 0.429. The molecule has 5 heteroatoms. The summed E-state index contributed by atoms with van der Waals surface area (Å²) in [4.78, 5) is 19.3. The maximum absolute atomic E-state index is 13.2. The van der Waals surface area contributed by atoms with Crippen molar-refractivity contribution in [3.63, 3.8) is 0 Å². The molecule has 3 heterocycles. The van der Waals surface area contributed by atoms with Gasteiger partial charge in [0.2, 0.25) is 0 Å². The Kier molecular flexibility index (Phi) is 4.89. The number of amides is 1. The van der Waals surface area contributed by atoms with E-state index in [1.165, 1.54) is 6.42 Å². The van der Waals surface area contributed by atoms with E-state index in [4.69, 9.17) is 4.74 Å². The van der Waals surface area contributed by atoms with E-state index >= 15 is 0 Å². The maximum Gasteiger partial charge on any atom is 0.257 e. The van der Waals surface area contributed by atoms with E-state index in [1.54, 1.807) is 12.4 Å². The molecule has 0 aliphatic carbocycles. The molecule has 136 valence electrons. The predicted octanol–water partition coefficient (Wildman–Crippen LogP) is 2.88. The Hall–Kier alpha value is -2.40. The zero-order chi connectivity index (χ0) is 17.8. The van der Waals surface area contributed by atoms with Gasteiger partial charge >= 0.3 is 0 Å². The van der Waals surface area contributed by atoms with E-state index in [9.17, 15) is 4.79 Å². The van der Waals surface area contributed by atoms with Gasteiger partial charge in [0.05, 0.1) is 5.56 Å². The van der Waals surface area contributed by atoms with E-state index in [1.807, 2.05) is 41.3 Å². The van der Waals surface area contributed by atoms with E-state index in [0.717, 1.165) is 44.6 Å². The molecule has 1 amide bonds. The molecule has 1 atom stereocenters. The van der Waals surface area contributed by atoms with Gasteiger partial charge in [-0.05, 0) is 44.0 Å². The van der Waals surface area contributed by atoms with Crippen LogP contribution in [0.1, 0.15) is 35.2 Å². The second-order valence-electron chi connectivity index (χ2n) is 7.40. The number of carbonyl (C=O) groups is 1. The second kappa shape index (κ2) is 7.46. The first-order chi connectivity index (χ1) is 12.8. The molecule has 2 aromatic rings. The van der Waals surface area contributed by atoms with Crippen molar-refractivity contribution in [2.75, 3.05) is 26.2 Å². The highest BCUT2D eigenvalue weighted by atomic mass is 16.5. The number of pyridine rings is 1. The van der Waals surface area contributed by atoms with Crippen LogP contribution in [0, 0.1) is 5.41 Å². The number of rotatable bonds is 4. The summed E-state index contributed by atoms with van der Waals surface area (Å²) in [5.74, 6) is 0.725. The predicted molar refractivity (Wildman–Crippen MR) is 100 cm³/mol. The molecule has 0 radical (unpaired) electrons. The minimum Gasteiger partial charge on any atom is -0.488 e. The minimum atomic E-state index is 0.0813. The summed E-state index contributed by atoms with van der Waals surface area (Å²) in [5.41, 5.74) is 1.91. The minimum absolute atomic E-state index is 0.0813. The van der Waals surface area contributed by atoms with Crippen molar-refractivity contribution in [1.82, 2.24) is 15.2 Å². The molecule has 4 rings (SSSR count). The first-order valence-electron chi connectivity index (χ1n) is 9.37. The fourth-order valence-corrected chi connectivity index (χ4v) is 4.11. The van der Waals surface area contributed by atoms with Gasteiger partial charge in [-0.3, -0.25) is 9.78 Å². The van der Waals surface area contributed by atoms with Gasteiger partial charge in [-0.2, -0.15) is 0 Å². The summed E-state index contributed by atoms with van der Waals surface area (Å²) >= 11 is 0. The average molecular weight is 351 g/mol. The van der Waals surface area contributed by atoms with Crippen LogP contribution in [0.4, 0.5) is 0 Å². The lowest BCUT2D eigenvalue weighted by molar-refractivity contribution is 0.0549. The van der Waals surface area contributed by atoms with Crippen molar-refractivity contribution in [3.05, 3.63) is 59.9 Å². The van der Waals surface area contributed by atoms with Crippen LogP contribution in [0.25, 0.3) is 0 Å². The number of ether oxygens (including phenoxy) is 1. The molecule has 2 saturated heterocycles. The fourth-order valence-electron chi connectivity index (χ4n) is 4.11. The van der Waals surface area contributed by atoms with Crippen LogP contribution in [0.3, 0.4) is 0 Å². The van der Waals surface area contributed by atoms with Gasteiger partial charge < -0.3 is 15.0 Å². The van der Waals surface area contributed by atoms with Crippen molar-refractivity contribution in [2.45, 2.75) is 25.9 Å². The average Bonchev–Trinajstić information content (AvgIpc) is 3.14. The topological polar surface area (TPSA) is 54.5 Å². The first-order valence-corrected chi connectivity index (χ1v) is 9.37. The largest absolute Gasteiger partial charge is 0.488 e. The van der Waals surface area contributed by atoms with Crippen LogP contribution in [-0.2, 0) is 6.61 Å². The Morgan fingerprint density at radius 2 is 2.15 bits per heavy atom. The van der Waals surface area contributed by atoms with Gasteiger partial charge in [0.25, 0.3) is 5.91 Å². The smallest absolute Gasteiger partial charge is 0.257 e. The molecular weight excluding hydrogens is 326 g/mol. The number of piperidine rings is 1. The Labute approximate surface area is 154 Å². The first kappa shape index (κ1) is 17.0. The normalized spacial score (nSPS) is 22.5. The third-order valence-corrected chi connectivity index (χ3v) is 5.52. The molecule has 1 aromatic carbocycles. The maximum atomic E-state index is 13.2. The van der Waals surface area contributed by atoms with E-state index in [2.05, 4.69) is 10.3 Å². The van der Waals surface area contributed by atoms with Gasteiger partial charge in [-0.25, -0.2) is 0 Å². The molecule has 1 aromatic heterocycles. The van der Waals surface area contributed by atoms with Gasteiger partial charge in [-0.1, -0.05) is 18.2 Å². The molecule has 2 aliphatic rings. The number of nitrogens with one attached hydrogen (secondary N) is 1. The summed E-state index contributed by atoms with van der Waals surface area (Å²) in [7, 11) is 0. The molecule has 0 saturated carbocycles. The standard InChI is InChI=1S/C21H25N3O2/c25-20(24-12-4-8-21(16-24)9-11-23-15-21)18-6-1-2-7-19(18)26-14-17-5-3-10-22-13-17/h1-3,5-7,10,13,23H,4,8-9,11-12,14-16H2. The third-order valence-electron chi connectivity index (χ3n) is 5.52. The summed E-state index contributed by atoms with van der Waals surface area (Å²) in [6.07, 6.45) is 6.97. The van der Waals surface area contributed by atoms with Crippen molar-refractivity contribution in [1.29, 1.82) is 0 Å². The highest BCUT2D eigenvalue weighted by molar-refractivity contribution is 5.97. The third kappa shape index (κ3) is 3.58. The Bertz CT molecular complexity index is 757. The number of nitrogens with zero attached hydrogens (tertiary/aromatic N) is 2. The monoisotopic (exact) mass is 351 g/mol. The lowest BCUT2D eigenvalue weighted by Crippen LogP contribution is -2.47. The van der Waals surface area contributed by atoms with Gasteiger partial charge in [0.15, 0.2) is 0 Å². The van der Waals surface area contributed by atoms with E-state index < -0.39 is 0 Å². The lowest BCUT2D eigenvalue weighted by atomic mass is 9.79. The van der Waals surface area contributed by atoms with Crippen LogP contribution >= 0.6 is 0 Å². The molecular formula is C21H25N3O2. The van der Waals surface area contributed by atoms with Crippen LogP contribution in [0.15, 0.2) is 48.8 Å². The number of para-hydroxylation sites is 1. The number of likely N-dealkylation sites (tertiary alicyclic amines) is 1. The molecule has 0 bridgehead atoms. The number of carbonyl (C=O) groups excluding carboxylic acids is 1. The van der Waals surface area contributed by atoms with Gasteiger partial charge in [0.1, 0.15) is 12.4 Å². The SMILES string of the molecule is O=C(c1ccccc1OCc1cccnc1)N1CCCC2(CCNC2)C1. The molecule has 2 aliphatic heterocycles. The molecule has 26 heavy (non-hydrogen) atoms. The van der Waals surface area contributed by atoms with Crippen LogP contribution in [-0.4, -0.2) is 42.0 Å². The number of aromatic nitrogens is 1. The van der Waals surface area contributed by atoms with Crippen molar-refractivity contribution in [2.24, 2.45) is 5.41 Å². The Morgan fingerprint density at radius 3 is 2.96 bits per heavy atom. The quantitative estimate of drug-likeness (QED) is 0.920. The summed E-state index contributed by atoms with van der Waals surface area (Å²) in [6, 6.07) is 11.4. The van der Waals surface area contributed by atoms with Crippen molar-refractivity contribution in [3.8, 4) is 5.75 Å². The van der Waals surface area contributed by atoms with Crippen LogP contribution in [0.5, 0.6) is 5.75 Å². The van der Waals surface area contributed by atoms with Crippen LogP contribution in [0.2, 0.25) is 0 Å². The highest BCUT2D eigenvalue weighted by Gasteiger charge is 2.39. The number of hydrogen-bond acceptors (Lipinski definition) is 4. The molecule has 5 nitrogen and oxygen atoms in total. The zero-order valence-corrected chi connectivity index (χ0v) is 15.0. The summed E-state index contributed by atoms with van der Waals surface area (Å²) in [6.45, 7) is 4.17. The molecule has 1 N–H and O–H groups in total. The Balaban J connectivity index is 1.49. The lowest BCUT2D eigenvalue weighted by Gasteiger charge is -2.40. The second-order valence-corrected chi connectivity index (χ2v) is 7.40. The molecule has 2 fully saturated rings. The van der Waals surface area contributed by atoms with Crippen molar-refractivity contribution < 1.29 is 9.53 Å². The summed E-state index contributed by atoms with van der Waals surface area (Å²) < 4.78 is 5.95. The van der Waals surface area contributed by atoms with E-state index in [0.29, 0.717) is 17.9 Å².